The highest BCUT2D eigenvalue weighted by Crippen LogP contribution is 2.22. The van der Waals surface area contributed by atoms with E-state index in [2.05, 4.69) is 16.8 Å². The zero-order valence-electron chi connectivity index (χ0n) is 10.3. The lowest BCUT2D eigenvalue weighted by Crippen LogP contribution is -2.20. The van der Waals surface area contributed by atoms with E-state index >= 15 is 0 Å². The van der Waals surface area contributed by atoms with Crippen molar-refractivity contribution < 1.29 is 0 Å². The molecule has 0 radical (unpaired) electrons. The maximum atomic E-state index is 7.43. The van der Waals surface area contributed by atoms with Crippen LogP contribution in [0.25, 0.3) is 0 Å². The number of benzene rings is 1. The number of pyridine rings is 1. The number of nitrogens with two attached hydrogens (primary N) is 1. The third kappa shape index (κ3) is 2.48. The van der Waals surface area contributed by atoms with Crippen LogP contribution in [0.15, 0.2) is 48.5 Å². The molecule has 0 saturated heterocycles. The molecule has 2 aromatic rings. The molecule has 0 atom stereocenters. The molecule has 0 unspecified atom stereocenters. The van der Waals surface area contributed by atoms with Gasteiger partial charge in [-0.2, -0.15) is 0 Å². The summed E-state index contributed by atoms with van der Waals surface area (Å²) in [7, 11) is 0. The fourth-order valence-electron chi connectivity index (χ4n) is 1.81. The number of amidine groups is 1. The van der Waals surface area contributed by atoms with Gasteiger partial charge < -0.3 is 10.6 Å². The highest BCUT2D eigenvalue weighted by atomic mass is 15.2. The van der Waals surface area contributed by atoms with Crippen molar-refractivity contribution in [3.05, 3.63) is 54.2 Å². The van der Waals surface area contributed by atoms with Crippen LogP contribution in [0.4, 0.5) is 11.5 Å². The van der Waals surface area contributed by atoms with E-state index in [0.717, 1.165) is 18.1 Å². The Bertz CT molecular complexity index is 537. The summed E-state index contributed by atoms with van der Waals surface area (Å²) < 4.78 is 0. The SMILES string of the molecule is CCN(c1ccccc1)c1cccc(C(=N)N)n1. The quantitative estimate of drug-likeness (QED) is 0.637. The summed E-state index contributed by atoms with van der Waals surface area (Å²) >= 11 is 0. The lowest BCUT2D eigenvalue weighted by atomic mass is 10.2. The van der Waals surface area contributed by atoms with Crippen LogP contribution in [0.3, 0.4) is 0 Å². The molecule has 0 spiro atoms. The van der Waals surface area contributed by atoms with Crippen molar-refractivity contribution in [2.75, 3.05) is 11.4 Å². The first-order chi connectivity index (χ1) is 8.72. The van der Waals surface area contributed by atoms with Gasteiger partial charge in [0.1, 0.15) is 17.3 Å². The van der Waals surface area contributed by atoms with E-state index in [9.17, 15) is 0 Å². The zero-order valence-corrected chi connectivity index (χ0v) is 10.3. The van der Waals surface area contributed by atoms with Crippen molar-refractivity contribution >= 4 is 17.3 Å². The van der Waals surface area contributed by atoms with Crippen molar-refractivity contribution in [3.63, 3.8) is 0 Å². The van der Waals surface area contributed by atoms with Gasteiger partial charge in [0, 0.05) is 12.2 Å². The molecule has 18 heavy (non-hydrogen) atoms. The molecule has 0 aliphatic rings. The maximum absolute atomic E-state index is 7.43. The van der Waals surface area contributed by atoms with Gasteiger partial charge in [-0.05, 0) is 31.2 Å². The normalized spacial score (nSPS) is 10.1. The average Bonchev–Trinajstić information content (AvgIpc) is 2.41. The number of nitrogens with one attached hydrogen (secondary N) is 1. The molecular formula is C14H16N4. The Morgan fingerprint density at radius 3 is 2.50 bits per heavy atom. The van der Waals surface area contributed by atoms with Crippen molar-refractivity contribution in [1.29, 1.82) is 5.41 Å². The Balaban J connectivity index is 2.39. The standard InChI is InChI=1S/C14H16N4/c1-2-18(11-7-4-3-5-8-11)13-10-6-9-12(17-13)14(15)16/h3-10H,2H2,1H3,(H3,15,16). The largest absolute Gasteiger partial charge is 0.382 e. The molecule has 92 valence electrons. The van der Waals surface area contributed by atoms with Crippen molar-refractivity contribution in [3.8, 4) is 0 Å². The molecule has 4 nitrogen and oxygen atoms in total. The molecule has 0 aliphatic heterocycles. The van der Waals surface area contributed by atoms with Crippen LogP contribution in [-0.2, 0) is 0 Å². The van der Waals surface area contributed by atoms with Gasteiger partial charge in [-0.25, -0.2) is 4.98 Å². The van der Waals surface area contributed by atoms with Gasteiger partial charge in [-0.3, -0.25) is 5.41 Å². The van der Waals surface area contributed by atoms with Gasteiger partial charge in [0.05, 0.1) is 0 Å². The third-order valence-electron chi connectivity index (χ3n) is 2.67. The second-order valence-corrected chi connectivity index (χ2v) is 3.87. The maximum Gasteiger partial charge on any atom is 0.141 e. The van der Waals surface area contributed by atoms with E-state index in [1.807, 2.05) is 42.5 Å². The van der Waals surface area contributed by atoms with E-state index < -0.39 is 0 Å². The molecule has 3 N–H and O–H groups in total. The number of nitrogen functional groups attached to an aromatic ring is 1. The minimum Gasteiger partial charge on any atom is -0.382 e. The molecule has 0 bridgehead atoms. The molecule has 0 fully saturated rings. The lowest BCUT2D eigenvalue weighted by Gasteiger charge is -2.22. The van der Waals surface area contributed by atoms with Crippen LogP contribution in [0, 0.1) is 5.41 Å². The van der Waals surface area contributed by atoms with Crippen LogP contribution in [0.1, 0.15) is 12.6 Å². The highest BCUT2D eigenvalue weighted by Gasteiger charge is 2.09. The first-order valence-electron chi connectivity index (χ1n) is 5.86. The summed E-state index contributed by atoms with van der Waals surface area (Å²) in [6, 6.07) is 15.6. The molecule has 1 heterocycles. The average molecular weight is 240 g/mol. The Morgan fingerprint density at radius 2 is 1.89 bits per heavy atom. The van der Waals surface area contributed by atoms with Crippen LogP contribution >= 0.6 is 0 Å². The monoisotopic (exact) mass is 240 g/mol. The van der Waals surface area contributed by atoms with E-state index in [1.54, 1.807) is 6.07 Å². The van der Waals surface area contributed by atoms with Gasteiger partial charge in [0.15, 0.2) is 0 Å². The number of para-hydroxylation sites is 1. The van der Waals surface area contributed by atoms with E-state index in [1.165, 1.54) is 0 Å². The first-order valence-corrected chi connectivity index (χ1v) is 5.86. The van der Waals surface area contributed by atoms with Gasteiger partial charge >= 0.3 is 0 Å². The summed E-state index contributed by atoms with van der Waals surface area (Å²) in [5.74, 6) is 0.789. The Hall–Kier alpha value is -2.36. The molecule has 0 amide bonds. The number of hydrogen-bond donors (Lipinski definition) is 2. The summed E-state index contributed by atoms with van der Waals surface area (Å²) in [4.78, 5) is 6.47. The van der Waals surface area contributed by atoms with Crippen LogP contribution in [0.2, 0.25) is 0 Å². The zero-order chi connectivity index (χ0) is 13.0. The molecule has 1 aromatic heterocycles. The highest BCUT2D eigenvalue weighted by molar-refractivity contribution is 5.93. The molecule has 0 aliphatic carbocycles. The topological polar surface area (TPSA) is 66.0 Å². The number of anilines is 2. The number of hydrogen-bond acceptors (Lipinski definition) is 3. The second kappa shape index (κ2) is 5.31. The predicted molar refractivity (Wildman–Crippen MR) is 74.4 cm³/mol. The molecule has 2 rings (SSSR count). The van der Waals surface area contributed by atoms with E-state index in [-0.39, 0.29) is 5.84 Å². The fraction of sp³-hybridized carbons (Fsp3) is 0.143. The smallest absolute Gasteiger partial charge is 0.141 e. The summed E-state index contributed by atoms with van der Waals surface area (Å²) in [5, 5.41) is 7.43. The first kappa shape index (κ1) is 12.1. The number of rotatable bonds is 4. The van der Waals surface area contributed by atoms with Gasteiger partial charge in [-0.1, -0.05) is 24.3 Å². The minimum atomic E-state index is -0.0130. The Labute approximate surface area is 107 Å². The van der Waals surface area contributed by atoms with Gasteiger partial charge in [0.25, 0.3) is 0 Å². The minimum absolute atomic E-state index is 0.0130. The molecule has 1 aromatic carbocycles. The van der Waals surface area contributed by atoms with E-state index in [0.29, 0.717) is 5.69 Å². The summed E-state index contributed by atoms with van der Waals surface area (Å²) in [6.45, 7) is 2.87. The molecular weight excluding hydrogens is 224 g/mol. The van der Waals surface area contributed by atoms with Crippen LogP contribution in [-0.4, -0.2) is 17.4 Å². The fourth-order valence-corrected chi connectivity index (χ4v) is 1.81. The van der Waals surface area contributed by atoms with Crippen molar-refractivity contribution in [1.82, 2.24) is 4.98 Å². The number of aromatic nitrogens is 1. The van der Waals surface area contributed by atoms with Crippen LogP contribution in [0.5, 0.6) is 0 Å². The van der Waals surface area contributed by atoms with Crippen molar-refractivity contribution in [2.45, 2.75) is 6.92 Å². The lowest BCUT2D eigenvalue weighted by molar-refractivity contribution is 0.986. The van der Waals surface area contributed by atoms with Gasteiger partial charge in [0.2, 0.25) is 0 Å². The Morgan fingerprint density at radius 1 is 1.17 bits per heavy atom. The third-order valence-corrected chi connectivity index (χ3v) is 2.67. The number of nitrogens with zero attached hydrogens (tertiary/aromatic N) is 2. The molecule has 0 saturated carbocycles. The summed E-state index contributed by atoms with van der Waals surface area (Å²) in [6.07, 6.45) is 0. The van der Waals surface area contributed by atoms with Crippen LogP contribution < -0.4 is 10.6 Å². The molecule has 4 heteroatoms. The van der Waals surface area contributed by atoms with Crippen molar-refractivity contribution in [2.24, 2.45) is 5.73 Å². The van der Waals surface area contributed by atoms with Gasteiger partial charge in [-0.15, -0.1) is 0 Å². The summed E-state index contributed by atoms with van der Waals surface area (Å²) in [5.41, 5.74) is 7.04. The predicted octanol–water partition coefficient (Wildman–Crippen LogP) is 2.52. The van der Waals surface area contributed by atoms with E-state index in [4.69, 9.17) is 11.1 Å². The second-order valence-electron chi connectivity index (χ2n) is 3.87. The Kier molecular flexibility index (Phi) is 3.57.